The first-order chi connectivity index (χ1) is 11.0. The molecule has 142 valence electrons. The molecule has 0 fully saturated rings. The van der Waals surface area contributed by atoms with Crippen LogP contribution in [0.1, 0.15) is 32.9 Å². The molecule has 0 aliphatic heterocycles. The van der Waals surface area contributed by atoms with E-state index in [0.717, 1.165) is 0 Å². The van der Waals surface area contributed by atoms with Crippen molar-refractivity contribution in [1.29, 1.82) is 0 Å². The molecule has 0 saturated carbocycles. The number of carbonyl (C=O) groups is 2. The van der Waals surface area contributed by atoms with Gasteiger partial charge < -0.3 is 31.9 Å². The van der Waals surface area contributed by atoms with E-state index in [2.05, 4.69) is 47.7 Å². The first kappa shape index (κ1) is 25.5. The van der Waals surface area contributed by atoms with E-state index >= 15 is 0 Å². The van der Waals surface area contributed by atoms with Crippen molar-refractivity contribution in [1.82, 2.24) is 20.7 Å². The summed E-state index contributed by atoms with van der Waals surface area (Å²) >= 11 is 0. The zero-order valence-electron chi connectivity index (χ0n) is 14.2. The Bertz CT molecular complexity index is 438. The number of aliphatic hydroxyl groups is 1. The Morgan fingerprint density at radius 1 is 1.29 bits per heavy atom. The molecule has 1 heterocycles. The maximum absolute atomic E-state index is 11.3. The maximum atomic E-state index is 11.3. The summed E-state index contributed by atoms with van der Waals surface area (Å²) in [5, 5.41) is 28.7. The Morgan fingerprint density at radius 3 is 2.21 bits per heavy atom. The predicted molar refractivity (Wildman–Crippen MR) is 90.1 cm³/mol. The van der Waals surface area contributed by atoms with E-state index in [-0.39, 0.29) is 36.7 Å². The van der Waals surface area contributed by atoms with Gasteiger partial charge >= 0.3 is 28.3 Å². The summed E-state index contributed by atoms with van der Waals surface area (Å²) in [6, 6.07) is -1.27. The third-order valence-corrected chi connectivity index (χ3v) is 6.34. The molecule has 1 rings (SSSR count). The van der Waals surface area contributed by atoms with Crippen LogP contribution in [0.5, 0.6) is 0 Å². The molecule has 0 unspecified atom stereocenters. The first-order valence-electron chi connectivity index (χ1n) is 7.72. The summed E-state index contributed by atoms with van der Waals surface area (Å²) in [5.74, 6) is -1.74. The molecule has 0 saturated heterocycles. The third kappa shape index (κ3) is 11.7. The molecular weight excluding hydrogens is 516 g/mol. The molecule has 1 aromatic heterocycles. The van der Waals surface area contributed by atoms with Crippen molar-refractivity contribution in [3.05, 3.63) is 11.9 Å². The summed E-state index contributed by atoms with van der Waals surface area (Å²) < 4.78 is 0. The molecule has 1 atom stereocenters. The molecule has 0 aromatic carbocycles. The van der Waals surface area contributed by atoms with E-state index < -0.39 is 24.5 Å². The van der Waals surface area contributed by atoms with Gasteiger partial charge in [-0.1, -0.05) is 0 Å². The zero-order valence-corrected chi connectivity index (χ0v) is 17.4. The number of hydrogen-bond acceptors (Lipinski definition) is 5. The number of aromatic amines is 1. The van der Waals surface area contributed by atoms with Gasteiger partial charge in [0, 0.05) is 6.42 Å². The van der Waals surface area contributed by atoms with Gasteiger partial charge in [-0.2, -0.15) is 0 Å². The molecule has 1 amide bonds. The second-order valence-corrected chi connectivity index (χ2v) is 8.48. The van der Waals surface area contributed by atoms with E-state index in [9.17, 15) is 9.59 Å². The molecule has 24 heavy (non-hydrogen) atoms. The average Bonchev–Trinajstić information content (AvgIpc) is 3.06. The number of nitrogens with zero attached hydrogens (tertiary/aromatic N) is 2. The minimum absolute atomic E-state index is 0. The zero-order chi connectivity index (χ0) is 17.7. The number of carboxylic acid groups (broad SMARTS) is 1. The Morgan fingerprint density at radius 2 is 1.88 bits per heavy atom. The van der Waals surface area contributed by atoms with Gasteiger partial charge in [0.1, 0.15) is 6.04 Å². The molecule has 4 N–H and O–H groups in total. The number of aryl methyl sites for hydroxylation is 1. The van der Waals surface area contributed by atoms with Crippen LogP contribution in [-0.2, 0) is 38.4 Å². The number of H-pyrrole nitrogens is 1. The van der Waals surface area contributed by atoms with Gasteiger partial charge in [-0.15, -0.1) is 10.9 Å². The largest absolute Gasteiger partial charge is 1.00 e. The second-order valence-electron chi connectivity index (χ2n) is 4.85. The van der Waals surface area contributed by atoms with Gasteiger partial charge in [0.25, 0.3) is 0 Å². The number of aliphatic carboxylic acids is 1. The van der Waals surface area contributed by atoms with E-state index in [1.165, 1.54) is 18.5 Å². The minimum Gasteiger partial charge on any atom is -0.480 e. The molecular formula is C14H27AuN4O4P+. The smallest absolute Gasteiger partial charge is 0.480 e. The van der Waals surface area contributed by atoms with E-state index in [1.807, 2.05) is 0 Å². The Kier molecular flexibility index (Phi) is 16.7. The van der Waals surface area contributed by atoms with E-state index in [4.69, 9.17) is 10.2 Å². The van der Waals surface area contributed by atoms with Gasteiger partial charge in [0.05, 0.1) is 25.1 Å². The second kappa shape index (κ2) is 15.7. The van der Waals surface area contributed by atoms with Crippen LogP contribution in [0.15, 0.2) is 0 Å². The summed E-state index contributed by atoms with van der Waals surface area (Å²) in [5.41, 5.74) is 0.561. The first-order valence-corrected chi connectivity index (χ1v) is 9.84. The van der Waals surface area contributed by atoms with Crippen LogP contribution in [0.3, 0.4) is 0 Å². The maximum Gasteiger partial charge on any atom is 1.00 e. The molecule has 0 spiro atoms. The fourth-order valence-corrected chi connectivity index (χ4v) is 3.25. The van der Waals surface area contributed by atoms with Crippen LogP contribution in [0.2, 0.25) is 0 Å². The van der Waals surface area contributed by atoms with Crippen molar-refractivity contribution in [3.63, 3.8) is 0 Å². The molecule has 1 aromatic rings. The monoisotopic (exact) mass is 543 g/mol. The quantitative estimate of drug-likeness (QED) is 0.202. The van der Waals surface area contributed by atoms with Crippen LogP contribution in [0, 0.1) is 6.20 Å². The molecule has 8 nitrogen and oxygen atoms in total. The van der Waals surface area contributed by atoms with Crippen molar-refractivity contribution in [2.24, 2.45) is 0 Å². The van der Waals surface area contributed by atoms with Gasteiger partial charge in [-0.25, -0.2) is 4.79 Å². The van der Waals surface area contributed by atoms with Crippen LogP contribution in [0.25, 0.3) is 0 Å². The summed E-state index contributed by atoms with van der Waals surface area (Å²) in [6.07, 6.45) is 7.29. The van der Waals surface area contributed by atoms with E-state index in [1.54, 1.807) is 0 Å². The SMILES string of the molecule is CC[PH+](CC)CC.O=C(CCc1[c-]nn[nH]1)N[C@H](CO)C(=O)O.[Au+]. The van der Waals surface area contributed by atoms with Crippen LogP contribution in [0.4, 0.5) is 0 Å². The summed E-state index contributed by atoms with van der Waals surface area (Å²) in [6.45, 7) is 6.28. The van der Waals surface area contributed by atoms with Crippen molar-refractivity contribution < 1.29 is 42.2 Å². The van der Waals surface area contributed by atoms with Gasteiger partial charge in [0.2, 0.25) is 5.91 Å². The fourth-order valence-electron chi connectivity index (χ4n) is 1.75. The van der Waals surface area contributed by atoms with Crippen molar-refractivity contribution >= 4 is 19.8 Å². The molecule has 0 aliphatic rings. The Hall–Kier alpha value is -0.790. The summed E-state index contributed by atoms with van der Waals surface area (Å²) in [4.78, 5) is 21.7. The average molecular weight is 543 g/mol. The molecule has 0 aliphatic carbocycles. The molecule has 0 radical (unpaired) electrons. The number of nitrogens with one attached hydrogen (secondary N) is 2. The van der Waals surface area contributed by atoms with Gasteiger partial charge in [0.15, 0.2) is 0 Å². The number of amides is 1. The normalized spacial score (nSPS) is 11.0. The topological polar surface area (TPSA) is 128 Å². The number of aromatic nitrogens is 3. The number of rotatable bonds is 9. The summed E-state index contributed by atoms with van der Waals surface area (Å²) in [7, 11) is 0.137. The third-order valence-electron chi connectivity index (χ3n) is 3.34. The van der Waals surface area contributed by atoms with Gasteiger partial charge in [-0.3, -0.25) is 4.79 Å². The van der Waals surface area contributed by atoms with Crippen molar-refractivity contribution in [2.45, 2.75) is 39.7 Å². The molecule has 0 bridgehead atoms. The van der Waals surface area contributed by atoms with Crippen molar-refractivity contribution in [2.75, 3.05) is 25.1 Å². The number of carbonyl (C=O) groups excluding carboxylic acids is 1. The molecule has 10 heteroatoms. The van der Waals surface area contributed by atoms with Crippen LogP contribution >= 0.6 is 7.92 Å². The standard InChI is InChI=1S/C8H11N4O4.C6H15P.Au/c13-4-6(8(15)16)10-7(14)2-1-5-3-9-12-11-5;1-4-7(5-2)6-3;/h6,13H,1-2,4H2,(H,10,14)(H,15,16)(H,9,11,12);4-6H2,1-3H3;/q-1;;+1/p+1/t6-;;/m1../s1. The number of carboxylic acids is 1. The number of aliphatic hydroxyl groups excluding tert-OH is 1. The Labute approximate surface area is 159 Å². The van der Waals surface area contributed by atoms with Crippen LogP contribution < -0.4 is 5.32 Å². The van der Waals surface area contributed by atoms with Crippen molar-refractivity contribution in [3.8, 4) is 0 Å². The fraction of sp³-hybridized carbons (Fsp3) is 0.714. The van der Waals surface area contributed by atoms with Gasteiger partial charge in [-0.05, 0) is 35.1 Å². The van der Waals surface area contributed by atoms with E-state index in [0.29, 0.717) is 12.1 Å². The minimum atomic E-state index is -1.27. The van der Waals surface area contributed by atoms with Crippen LogP contribution in [-0.4, -0.2) is 68.6 Å². The number of hydrogen-bond donors (Lipinski definition) is 4. The Balaban J connectivity index is 0. The predicted octanol–water partition coefficient (Wildman–Crippen LogP) is 0.357.